The molecule has 0 saturated heterocycles. The summed E-state index contributed by atoms with van der Waals surface area (Å²) in [7, 11) is 0. The fourth-order valence-electron chi connectivity index (χ4n) is 0.400. The number of anilines is 1. The Hall–Kier alpha value is -0.292. The second-order valence-corrected chi connectivity index (χ2v) is 1.33. The zero-order valence-corrected chi connectivity index (χ0v) is 7.23. The standard InChI is InChI=1S/C6H6N.W/c7-6-4-2-1-3-5-6;/h2-5H,7H2;/q-1;. The number of hydrogen-bond acceptors (Lipinski definition) is 1. The number of nitrogen functional groups attached to an aromatic ring is 1. The Morgan fingerprint density at radius 2 is 1.75 bits per heavy atom. The van der Waals surface area contributed by atoms with Crippen LogP contribution in [0.1, 0.15) is 0 Å². The Morgan fingerprint density at radius 1 is 1.25 bits per heavy atom. The molecular weight excluding hydrogens is 270 g/mol. The molecule has 0 unspecified atom stereocenters. The Bertz CT molecular complexity index is 138. The molecule has 0 aliphatic heterocycles. The van der Waals surface area contributed by atoms with E-state index in [9.17, 15) is 0 Å². The van der Waals surface area contributed by atoms with Crippen LogP contribution in [0.25, 0.3) is 0 Å². The van der Waals surface area contributed by atoms with Crippen LogP contribution in [0.2, 0.25) is 0 Å². The van der Waals surface area contributed by atoms with Gasteiger partial charge in [0.25, 0.3) is 0 Å². The van der Waals surface area contributed by atoms with Crippen molar-refractivity contribution >= 4 is 5.69 Å². The quantitative estimate of drug-likeness (QED) is 0.556. The van der Waals surface area contributed by atoms with Crippen LogP contribution in [0.3, 0.4) is 0 Å². The van der Waals surface area contributed by atoms with E-state index in [1.807, 2.05) is 0 Å². The summed E-state index contributed by atoms with van der Waals surface area (Å²) in [6.45, 7) is 0. The van der Waals surface area contributed by atoms with Crippen LogP contribution in [0.5, 0.6) is 0 Å². The van der Waals surface area contributed by atoms with Gasteiger partial charge in [-0.05, 0) is 0 Å². The minimum atomic E-state index is 0. The molecule has 0 saturated carbocycles. The topological polar surface area (TPSA) is 26.0 Å². The first-order chi connectivity index (χ1) is 3.39. The van der Waals surface area contributed by atoms with Crippen molar-refractivity contribution in [3.05, 3.63) is 30.3 Å². The first-order valence-electron chi connectivity index (χ1n) is 2.11. The molecule has 0 fully saturated rings. The van der Waals surface area contributed by atoms with Crippen molar-refractivity contribution in [2.45, 2.75) is 0 Å². The van der Waals surface area contributed by atoms with Crippen LogP contribution in [0.4, 0.5) is 5.69 Å². The van der Waals surface area contributed by atoms with Gasteiger partial charge >= 0.3 is 0 Å². The number of hydrogen-bond donors (Lipinski definition) is 1. The predicted octanol–water partition coefficient (Wildman–Crippen LogP) is 1.07. The fraction of sp³-hybridized carbons (Fsp3) is 0. The van der Waals surface area contributed by atoms with Crippen molar-refractivity contribution in [1.29, 1.82) is 0 Å². The van der Waals surface area contributed by atoms with Gasteiger partial charge in [-0.15, -0.1) is 12.1 Å². The van der Waals surface area contributed by atoms with Gasteiger partial charge in [-0.3, -0.25) is 0 Å². The maximum absolute atomic E-state index is 5.34. The van der Waals surface area contributed by atoms with E-state index < -0.39 is 0 Å². The molecular formula is C6H6NW-. The third-order valence-electron chi connectivity index (χ3n) is 0.744. The van der Waals surface area contributed by atoms with Gasteiger partial charge < -0.3 is 5.73 Å². The Kier molecular flexibility index (Phi) is 3.54. The summed E-state index contributed by atoms with van der Waals surface area (Å²) in [6, 6.07) is 10.0. The molecule has 0 aliphatic rings. The van der Waals surface area contributed by atoms with Gasteiger partial charge in [-0.1, -0.05) is 5.69 Å². The van der Waals surface area contributed by atoms with E-state index in [-0.39, 0.29) is 21.1 Å². The van der Waals surface area contributed by atoms with Crippen LogP contribution < -0.4 is 5.73 Å². The number of nitrogens with two attached hydrogens (primary N) is 1. The summed E-state index contributed by atoms with van der Waals surface area (Å²) in [5, 5.41) is 0. The molecule has 0 heterocycles. The first-order valence-corrected chi connectivity index (χ1v) is 2.11. The molecule has 0 bridgehead atoms. The third-order valence-corrected chi connectivity index (χ3v) is 0.744. The number of benzene rings is 1. The normalized spacial score (nSPS) is 7.50. The molecule has 8 heavy (non-hydrogen) atoms. The minimum Gasteiger partial charge on any atom is -0.419 e. The molecule has 1 aromatic carbocycles. The van der Waals surface area contributed by atoms with E-state index >= 15 is 0 Å². The fourth-order valence-corrected chi connectivity index (χ4v) is 0.400. The SMILES string of the molecule is Nc1cc[c-]cc1.[W]. The van der Waals surface area contributed by atoms with E-state index in [1.54, 1.807) is 24.3 Å². The van der Waals surface area contributed by atoms with Gasteiger partial charge in [-0.25, -0.2) is 0 Å². The maximum Gasteiger partial charge on any atom is 0 e. The molecule has 2 heteroatoms. The van der Waals surface area contributed by atoms with Crippen molar-refractivity contribution in [3.8, 4) is 0 Å². The molecule has 1 rings (SSSR count). The summed E-state index contributed by atoms with van der Waals surface area (Å²) in [6.07, 6.45) is 0. The molecule has 0 atom stereocenters. The van der Waals surface area contributed by atoms with Crippen LogP contribution in [-0.2, 0) is 21.1 Å². The first kappa shape index (κ1) is 7.71. The van der Waals surface area contributed by atoms with Crippen LogP contribution in [0, 0.1) is 6.07 Å². The molecule has 1 aromatic rings. The molecule has 42 valence electrons. The largest absolute Gasteiger partial charge is 0.419 e. The summed E-state index contributed by atoms with van der Waals surface area (Å²) in [5.74, 6) is 0. The Morgan fingerprint density at radius 3 is 2.00 bits per heavy atom. The van der Waals surface area contributed by atoms with Gasteiger partial charge in [-0.2, -0.15) is 18.2 Å². The zero-order valence-electron chi connectivity index (χ0n) is 4.29. The van der Waals surface area contributed by atoms with Gasteiger partial charge in [0, 0.05) is 21.1 Å². The van der Waals surface area contributed by atoms with Gasteiger partial charge in [0.05, 0.1) is 0 Å². The maximum atomic E-state index is 5.34. The minimum absolute atomic E-state index is 0. The Labute approximate surface area is 63.2 Å². The average molecular weight is 276 g/mol. The summed E-state index contributed by atoms with van der Waals surface area (Å²) in [4.78, 5) is 0. The average Bonchev–Trinajstić information content (AvgIpc) is 1.69. The van der Waals surface area contributed by atoms with E-state index in [0.29, 0.717) is 0 Å². The van der Waals surface area contributed by atoms with Crippen molar-refractivity contribution < 1.29 is 21.1 Å². The van der Waals surface area contributed by atoms with Crippen LogP contribution in [0.15, 0.2) is 24.3 Å². The predicted molar refractivity (Wildman–Crippen MR) is 29.7 cm³/mol. The van der Waals surface area contributed by atoms with E-state index in [0.717, 1.165) is 5.69 Å². The van der Waals surface area contributed by atoms with Crippen LogP contribution in [-0.4, -0.2) is 0 Å². The van der Waals surface area contributed by atoms with Gasteiger partial charge in [0.2, 0.25) is 0 Å². The van der Waals surface area contributed by atoms with Crippen molar-refractivity contribution in [2.24, 2.45) is 0 Å². The van der Waals surface area contributed by atoms with Gasteiger partial charge in [0.15, 0.2) is 0 Å². The van der Waals surface area contributed by atoms with Crippen LogP contribution >= 0.6 is 0 Å². The van der Waals surface area contributed by atoms with Gasteiger partial charge in [0.1, 0.15) is 0 Å². The van der Waals surface area contributed by atoms with E-state index in [4.69, 9.17) is 5.73 Å². The molecule has 0 radical (unpaired) electrons. The monoisotopic (exact) mass is 276 g/mol. The third kappa shape index (κ3) is 2.13. The smallest absolute Gasteiger partial charge is 0 e. The zero-order chi connectivity index (χ0) is 5.11. The van der Waals surface area contributed by atoms with Crippen molar-refractivity contribution in [1.82, 2.24) is 0 Å². The van der Waals surface area contributed by atoms with E-state index in [1.165, 1.54) is 0 Å². The molecule has 0 aromatic heterocycles. The van der Waals surface area contributed by atoms with E-state index in [2.05, 4.69) is 6.07 Å². The summed E-state index contributed by atoms with van der Waals surface area (Å²) < 4.78 is 0. The Balaban J connectivity index is 0.000000490. The van der Waals surface area contributed by atoms with Crippen molar-refractivity contribution in [2.75, 3.05) is 5.73 Å². The second kappa shape index (κ2) is 3.68. The molecule has 0 spiro atoms. The molecule has 2 N–H and O–H groups in total. The second-order valence-electron chi connectivity index (χ2n) is 1.33. The summed E-state index contributed by atoms with van der Waals surface area (Å²) in [5.41, 5.74) is 6.13. The molecule has 0 aliphatic carbocycles. The summed E-state index contributed by atoms with van der Waals surface area (Å²) >= 11 is 0. The van der Waals surface area contributed by atoms with Crippen molar-refractivity contribution in [3.63, 3.8) is 0 Å². The number of rotatable bonds is 0. The molecule has 1 nitrogen and oxygen atoms in total. The molecule has 0 amide bonds.